The second kappa shape index (κ2) is 7.82. The molecule has 0 aliphatic heterocycles. The van der Waals surface area contributed by atoms with Crippen molar-refractivity contribution in [1.82, 2.24) is 0 Å². The molecule has 0 bridgehead atoms. The number of fused-ring (bicyclic) bond motifs is 3. The standard InChI is InChI=1S/C23H26N2O9S/c1-8(2)14-11-7-9-6-10-12(25-35(3,33)34)4-5-13(26)16(10)19(28)15(9)20(29)23(11,32)21(30)17(18(14)27)22(24)31/h4-5,8-9,11,14,25-26,28,30,32H,6-7H2,1-3H3,(H2,24,31)/t9-,11-,14-,23-/m0/s1. The average molecular weight is 507 g/mol. The first-order valence-corrected chi connectivity index (χ1v) is 12.8. The number of sulfonamides is 1. The van der Waals surface area contributed by atoms with E-state index in [9.17, 15) is 43.2 Å². The van der Waals surface area contributed by atoms with Gasteiger partial charge in [-0.25, -0.2) is 8.42 Å². The third kappa shape index (κ3) is 3.50. The number of hydrogen-bond acceptors (Lipinski definition) is 9. The summed E-state index contributed by atoms with van der Waals surface area (Å²) in [5.74, 6) is -8.85. The normalized spacial score (nSPS) is 28.5. The number of benzene rings is 1. The zero-order valence-corrected chi connectivity index (χ0v) is 20.0. The summed E-state index contributed by atoms with van der Waals surface area (Å²) in [5.41, 5.74) is 1.60. The molecule has 3 aliphatic rings. The molecule has 1 amide bonds. The van der Waals surface area contributed by atoms with E-state index in [1.54, 1.807) is 13.8 Å². The topological polar surface area (TPSA) is 204 Å². The largest absolute Gasteiger partial charge is 0.508 e. The van der Waals surface area contributed by atoms with Crippen LogP contribution in [-0.4, -0.2) is 58.2 Å². The van der Waals surface area contributed by atoms with Crippen LogP contribution in [0.1, 0.15) is 31.4 Å². The maximum absolute atomic E-state index is 13.7. The number of ketones is 2. The fourth-order valence-electron chi connectivity index (χ4n) is 5.78. The minimum atomic E-state index is -3.72. The predicted molar refractivity (Wildman–Crippen MR) is 124 cm³/mol. The Morgan fingerprint density at radius 3 is 2.37 bits per heavy atom. The Labute approximate surface area is 201 Å². The quantitative estimate of drug-likeness (QED) is 0.250. The lowest BCUT2D eigenvalue weighted by Gasteiger charge is -2.50. The molecule has 11 nitrogen and oxygen atoms in total. The molecule has 7 N–H and O–H groups in total. The molecule has 0 spiro atoms. The van der Waals surface area contributed by atoms with Crippen LogP contribution in [0.3, 0.4) is 0 Å². The maximum atomic E-state index is 13.7. The van der Waals surface area contributed by atoms with E-state index in [0.717, 1.165) is 12.3 Å². The number of aliphatic hydroxyl groups excluding tert-OH is 2. The van der Waals surface area contributed by atoms with Gasteiger partial charge in [-0.2, -0.15) is 0 Å². The van der Waals surface area contributed by atoms with Crippen molar-refractivity contribution < 1.29 is 43.2 Å². The third-order valence-electron chi connectivity index (χ3n) is 7.15. The van der Waals surface area contributed by atoms with E-state index < -0.39 is 79.6 Å². The Morgan fingerprint density at radius 1 is 1.20 bits per heavy atom. The monoisotopic (exact) mass is 506 g/mol. The smallest absolute Gasteiger partial charge is 0.255 e. The number of nitrogens with two attached hydrogens (primary N) is 1. The molecule has 0 unspecified atom stereocenters. The number of primary amides is 1. The van der Waals surface area contributed by atoms with Gasteiger partial charge in [0.1, 0.15) is 22.8 Å². The number of aromatic hydroxyl groups is 1. The molecule has 0 radical (unpaired) electrons. The van der Waals surface area contributed by atoms with E-state index in [-0.39, 0.29) is 35.2 Å². The van der Waals surface area contributed by atoms with Crippen LogP contribution in [0.25, 0.3) is 5.76 Å². The number of anilines is 1. The molecule has 0 aromatic heterocycles. The minimum Gasteiger partial charge on any atom is -0.508 e. The molecular weight excluding hydrogens is 480 g/mol. The highest BCUT2D eigenvalue weighted by Gasteiger charge is 2.64. The highest BCUT2D eigenvalue weighted by molar-refractivity contribution is 7.92. The van der Waals surface area contributed by atoms with Crippen LogP contribution in [-0.2, 0) is 30.8 Å². The maximum Gasteiger partial charge on any atom is 0.255 e. The first kappa shape index (κ1) is 24.7. The van der Waals surface area contributed by atoms with Gasteiger partial charge in [0, 0.05) is 17.4 Å². The zero-order chi connectivity index (χ0) is 26.2. The van der Waals surface area contributed by atoms with Gasteiger partial charge in [-0.05, 0) is 42.4 Å². The molecule has 3 aliphatic carbocycles. The van der Waals surface area contributed by atoms with Crippen LogP contribution in [0.4, 0.5) is 5.69 Å². The predicted octanol–water partition coefficient (Wildman–Crippen LogP) is 0.677. The molecule has 4 atom stereocenters. The number of rotatable bonds is 4. The van der Waals surface area contributed by atoms with Gasteiger partial charge in [0.15, 0.2) is 11.4 Å². The molecular formula is C23H26N2O9S. The fraction of sp³-hybridized carbons (Fsp3) is 0.435. The van der Waals surface area contributed by atoms with Crippen LogP contribution in [0.2, 0.25) is 0 Å². The fourth-order valence-corrected chi connectivity index (χ4v) is 6.37. The van der Waals surface area contributed by atoms with Gasteiger partial charge in [-0.3, -0.25) is 19.1 Å². The van der Waals surface area contributed by atoms with E-state index in [1.807, 2.05) is 0 Å². The number of phenolic OH excluding ortho intramolecular Hbond substituents is 1. The van der Waals surface area contributed by atoms with E-state index >= 15 is 0 Å². The summed E-state index contributed by atoms with van der Waals surface area (Å²) in [6.45, 7) is 3.33. The Morgan fingerprint density at radius 2 is 1.83 bits per heavy atom. The molecule has 1 fully saturated rings. The van der Waals surface area contributed by atoms with Crippen LogP contribution in [0.15, 0.2) is 29.0 Å². The number of aliphatic hydroxyl groups is 3. The minimum absolute atomic E-state index is 0.00847. The van der Waals surface area contributed by atoms with E-state index in [2.05, 4.69) is 4.72 Å². The van der Waals surface area contributed by atoms with Crippen LogP contribution in [0.5, 0.6) is 5.75 Å². The van der Waals surface area contributed by atoms with Gasteiger partial charge < -0.3 is 26.2 Å². The summed E-state index contributed by atoms with van der Waals surface area (Å²) in [6.07, 6.45) is 0.873. The van der Waals surface area contributed by atoms with Crippen LogP contribution < -0.4 is 10.5 Å². The summed E-state index contributed by atoms with van der Waals surface area (Å²) in [5, 5.41) is 43.8. The van der Waals surface area contributed by atoms with E-state index in [1.165, 1.54) is 6.07 Å². The highest BCUT2D eigenvalue weighted by atomic mass is 32.2. The third-order valence-corrected chi connectivity index (χ3v) is 7.74. The van der Waals surface area contributed by atoms with Crippen molar-refractivity contribution in [1.29, 1.82) is 0 Å². The molecule has 4 rings (SSSR count). The summed E-state index contributed by atoms with van der Waals surface area (Å²) in [6, 6.07) is 2.47. The first-order chi connectivity index (χ1) is 16.1. The molecule has 188 valence electrons. The molecule has 1 aromatic carbocycles. The molecule has 0 heterocycles. The van der Waals surface area contributed by atoms with Crippen LogP contribution in [0, 0.1) is 23.7 Å². The lowest BCUT2D eigenvalue weighted by molar-refractivity contribution is -0.155. The van der Waals surface area contributed by atoms with Crippen molar-refractivity contribution in [2.45, 2.75) is 32.3 Å². The molecule has 12 heteroatoms. The van der Waals surface area contributed by atoms with Gasteiger partial charge in [0.2, 0.25) is 15.8 Å². The number of carbonyl (C=O) groups is 3. The number of hydrogen-bond donors (Lipinski definition) is 6. The van der Waals surface area contributed by atoms with Gasteiger partial charge >= 0.3 is 0 Å². The first-order valence-electron chi connectivity index (χ1n) is 10.9. The molecule has 0 saturated heterocycles. The van der Waals surface area contributed by atoms with Crippen molar-refractivity contribution in [3.05, 3.63) is 40.2 Å². The Hall–Kier alpha value is -3.38. The highest BCUT2D eigenvalue weighted by Crippen LogP contribution is 2.55. The van der Waals surface area contributed by atoms with Gasteiger partial charge in [0.05, 0.1) is 17.5 Å². The second-order valence-electron chi connectivity index (χ2n) is 9.68. The summed E-state index contributed by atoms with van der Waals surface area (Å²) in [7, 11) is -3.72. The summed E-state index contributed by atoms with van der Waals surface area (Å²) in [4.78, 5) is 38.8. The van der Waals surface area contributed by atoms with Gasteiger partial charge in [-0.15, -0.1) is 0 Å². The van der Waals surface area contributed by atoms with Crippen molar-refractivity contribution in [2.75, 3.05) is 11.0 Å². The molecule has 1 saturated carbocycles. The van der Waals surface area contributed by atoms with Crippen molar-refractivity contribution in [3.8, 4) is 5.75 Å². The summed E-state index contributed by atoms with van der Waals surface area (Å²) < 4.78 is 26.0. The molecule has 1 aromatic rings. The molecule has 35 heavy (non-hydrogen) atoms. The zero-order valence-electron chi connectivity index (χ0n) is 19.2. The lowest BCUT2D eigenvalue weighted by Crippen LogP contribution is -2.62. The van der Waals surface area contributed by atoms with Crippen LogP contribution >= 0.6 is 0 Å². The Bertz CT molecular complexity index is 1360. The van der Waals surface area contributed by atoms with E-state index in [4.69, 9.17) is 5.73 Å². The Balaban J connectivity index is 1.97. The van der Waals surface area contributed by atoms with E-state index in [0.29, 0.717) is 0 Å². The number of Topliss-reactive ketones (excluding diaryl/α,β-unsaturated/α-hetero) is 2. The van der Waals surface area contributed by atoms with Crippen molar-refractivity contribution >= 4 is 38.9 Å². The average Bonchev–Trinajstić information content (AvgIpc) is 2.71. The number of amides is 1. The Kier molecular flexibility index (Phi) is 5.53. The SMILES string of the molecule is CC(C)[C@@H]1C(=O)C(C(N)=O)=C(O)[C@@]2(O)C(=O)C3=C(O)c4c(O)ccc(NS(C)(=O)=O)c4C[C@H]3C[C@@H]12. The van der Waals surface area contributed by atoms with Crippen molar-refractivity contribution in [3.63, 3.8) is 0 Å². The van der Waals surface area contributed by atoms with Gasteiger partial charge in [-0.1, -0.05) is 13.8 Å². The number of carbonyl (C=O) groups excluding carboxylic acids is 3. The lowest BCUT2D eigenvalue weighted by atomic mass is 9.54. The number of nitrogens with one attached hydrogen (secondary N) is 1. The second-order valence-corrected chi connectivity index (χ2v) is 11.4. The summed E-state index contributed by atoms with van der Waals surface area (Å²) >= 11 is 0. The van der Waals surface area contributed by atoms with Gasteiger partial charge in [0.25, 0.3) is 5.91 Å². The number of phenols is 1. The van der Waals surface area contributed by atoms with Crippen molar-refractivity contribution in [2.24, 2.45) is 29.4 Å².